The summed E-state index contributed by atoms with van der Waals surface area (Å²) in [6, 6.07) is 4.40. The van der Waals surface area contributed by atoms with Gasteiger partial charge in [-0.1, -0.05) is 6.42 Å². The van der Waals surface area contributed by atoms with Gasteiger partial charge in [0.1, 0.15) is 12.1 Å². The van der Waals surface area contributed by atoms with Crippen LogP contribution in [0.15, 0.2) is 24.7 Å². The van der Waals surface area contributed by atoms with E-state index in [0.717, 1.165) is 31.9 Å². The summed E-state index contributed by atoms with van der Waals surface area (Å²) >= 11 is 0. The number of anilines is 1. The largest absolute Gasteiger partial charge is 0.481 e. The van der Waals surface area contributed by atoms with E-state index in [4.69, 9.17) is 4.74 Å². The molecular formula is C18H26N6O. The molecule has 7 nitrogen and oxygen atoms in total. The van der Waals surface area contributed by atoms with E-state index < -0.39 is 0 Å². The monoisotopic (exact) mass is 342 g/mol. The Labute approximate surface area is 148 Å². The van der Waals surface area contributed by atoms with E-state index in [0.29, 0.717) is 11.9 Å². The molecule has 4 heterocycles. The van der Waals surface area contributed by atoms with E-state index in [1.807, 2.05) is 12.3 Å². The lowest BCUT2D eigenvalue weighted by molar-refractivity contribution is 0.207. The van der Waals surface area contributed by atoms with Gasteiger partial charge in [-0.15, -0.1) is 0 Å². The maximum atomic E-state index is 5.25. The topological polar surface area (TPSA) is 59.3 Å². The third kappa shape index (κ3) is 3.61. The number of rotatable bonds is 5. The summed E-state index contributed by atoms with van der Waals surface area (Å²) in [5, 5.41) is 4.58. The third-order valence-electron chi connectivity index (χ3n) is 5.27. The summed E-state index contributed by atoms with van der Waals surface area (Å²) in [4.78, 5) is 13.5. The van der Waals surface area contributed by atoms with Gasteiger partial charge in [0, 0.05) is 25.4 Å². The summed E-state index contributed by atoms with van der Waals surface area (Å²) in [5.41, 5.74) is 1.24. The lowest BCUT2D eigenvalue weighted by Crippen LogP contribution is -2.40. The molecule has 0 saturated carbocycles. The number of piperidine rings is 1. The van der Waals surface area contributed by atoms with Gasteiger partial charge in [-0.2, -0.15) is 5.10 Å². The maximum absolute atomic E-state index is 5.25. The number of fused-ring (bicyclic) bond motifs is 1. The zero-order valence-corrected chi connectivity index (χ0v) is 14.8. The van der Waals surface area contributed by atoms with E-state index in [1.54, 1.807) is 13.4 Å². The van der Waals surface area contributed by atoms with Crippen molar-refractivity contribution in [2.45, 2.75) is 38.3 Å². The van der Waals surface area contributed by atoms with Crippen LogP contribution in [0.25, 0.3) is 0 Å². The SMILES string of the molecule is COc1cc(N2Cc3ccnn3[C@@H](CCN3CCCCC3)C2)ncn1. The molecule has 1 atom stereocenters. The second kappa shape index (κ2) is 7.39. The smallest absolute Gasteiger partial charge is 0.218 e. The average Bonchev–Trinajstić information content (AvgIpc) is 3.15. The van der Waals surface area contributed by atoms with Gasteiger partial charge in [0.05, 0.1) is 25.4 Å². The van der Waals surface area contributed by atoms with Crippen molar-refractivity contribution in [3.05, 3.63) is 30.4 Å². The zero-order chi connectivity index (χ0) is 17.1. The summed E-state index contributed by atoms with van der Waals surface area (Å²) in [6.45, 7) is 5.37. The molecule has 0 amide bonds. The number of hydrogen-bond donors (Lipinski definition) is 0. The molecule has 0 spiro atoms. The van der Waals surface area contributed by atoms with Crippen molar-refractivity contribution >= 4 is 5.82 Å². The summed E-state index contributed by atoms with van der Waals surface area (Å²) < 4.78 is 7.46. The summed E-state index contributed by atoms with van der Waals surface area (Å²) in [6.07, 6.45) is 8.66. The van der Waals surface area contributed by atoms with Gasteiger partial charge in [-0.3, -0.25) is 4.68 Å². The zero-order valence-electron chi connectivity index (χ0n) is 14.8. The molecule has 2 aromatic rings. The number of aromatic nitrogens is 4. The first-order valence-corrected chi connectivity index (χ1v) is 9.19. The normalized spacial score (nSPS) is 21.2. The van der Waals surface area contributed by atoms with Crippen LogP contribution in [0.2, 0.25) is 0 Å². The number of ether oxygens (including phenoxy) is 1. The molecule has 2 aromatic heterocycles. The van der Waals surface area contributed by atoms with E-state index in [9.17, 15) is 0 Å². The van der Waals surface area contributed by atoms with Gasteiger partial charge in [-0.25, -0.2) is 9.97 Å². The first-order chi connectivity index (χ1) is 12.3. The molecular weight excluding hydrogens is 316 g/mol. The third-order valence-corrected chi connectivity index (χ3v) is 5.27. The Balaban J connectivity index is 1.48. The minimum Gasteiger partial charge on any atom is -0.481 e. The second-order valence-electron chi connectivity index (χ2n) is 6.91. The standard InChI is InChI=1S/C18H26N6O/c1-25-18-11-17(19-14-20-18)23-12-15-5-7-21-24(15)16(13-23)6-10-22-8-3-2-4-9-22/h5,7,11,14,16H,2-4,6,8-10,12-13H2,1H3/t16-/m0/s1. The van der Waals surface area contributed by atoms with Crippen LogP contribution in [-0.4, -0.2) is 57.9 Å². The van der Waals surface area contributed by atoms with Gasteiger partial charge < -0.3 is 14.5 Å². The minimum absolute atomic E-state index is 0.377. The fourth-order valence-electron chi connectivity index (χ4n) is 3.90. The van der Waals surface area contributed by atoms with Gasteiger partial charge in [0.25, 0.3) is 0 Å². The van der Waals surface area contributed by atoms with Crippen LogP contribution >= 0.6 is 0 Å². The molecule has 2 aliphatic heterocycles. The number of nitrogens with zero attached hydrogens (tertiary/aromatic N) is 6. The highest BCUT2D eigenvalue weighted by atomic mass is 16.5. The van der Waals surface area contributed by atoms with Crippen LogP contribution in [0.3, 0.4) is 0 Å². The van der Waals surface area contributed by atoms with Crippen LogP contribution < -0.4 is 9.64 Å². The minimum atomic E-state index is 0.377. The number of likely N-dealkylation sites (tertiary alicyclic amines) is 1. The van der Waals surface area contributed by atoms with Crippen molar-refractivity contribution in [1.29, 1.82) is 0 Å². The first kappa shape index (κ1) is 16.3. The van der Waals surface area contributed by atoms with E-state index in [-0.39, 0.29) is 0 Å². The Morgan fingerprint density at radius 1 is 1.20 bits per heavy atom. The molecule has 0 aliphatic carbocycles. The highest BCUT2D eigenvalue weighted by molar-refractivity contribution is 5.42. The van der Waals surface area contributed by atoms with Gasteiger partial charge in [-0.05, 0) is 38.4 Å². The van der Waals surface area contributed by atoms with Crippen LogP contribution in [0, 0.1) is 0 Å². The van der Waals surface area contributed by atoms with Crippen molar-refractivity contribution in [1.82, 2.24) is 24.6 Å². The van der Waals surface area contributed by atoms with Crippen molar-refractivity contribution < 1.29 is 4.74 Å². The number of hydrogen-bond acceptors (Lipinski definition) is 6. The summed E-state index contributed by atoms with van der Waals surface area (Å²) in [7, 11) is 1.64. The van der Waals surface area contributed by atoms with Crippen LogP contribution in [0.4, 0.5) is 5.82 Å². The van der Waals surface area contributed by atoms with Gasteiger partial charge >= 0.3 is 0 Å². The average molecular weight is 342 g/mol. The molecule has 7 heteroatoms. The lowest BCUT2D eigenvalue weighted by atomic mass is 10.1. The molecule has 0 aromatic carbocycles. The molecule has 0 bridgehead atoms. The van der Waals surface area contributed by atoms with Crippen LogP contribution in [-0.2, 0) is 6.54 Å². The molecule has 2 aliphatic rings. The fourth-order valence-corrected chi connectivity index (χ4v) is 3.90. The molecule has 134 valence electrons. The van der Waals surface area contributed by atoms with Crippen molar-refractivity contribution in [3.8, 4) is 5.88 Å². The second-order valence-corrected chi connectivity index (χ2v) is 6.91. The Morgan fingerprint density at radius 2 is 2.08 bits per heavy atom. The lowest BCUT2D eigenvalue weighted by Gasteiger charge is -2.36. The van der Waals surface area contributed by atoms with Crippen molar-refractivity contribution in [2.75, 3.05) is 38.2 Å². The molecule has 0 radical (unpaired) electrons. The summed E-state index contributed by atoms with van der Waals surface area (Å²) in [5.74, 6) is 1.52. The highest BCUT2D eigenvalue weighted by Crippen LogP contribution is 2.28. The van der Waals surface area contributed by atoms with E-state index >= 15 is 0 Å². The van der Waals surface area contributed by atoms with Crippen molar-refractivity contribution in [2.24, 2.45) is 0 Å². The fraction of sp³-hybridized carbons (Fsp3) is 0.611. The van der Waals surface area contributed by atoms with Gasteiger partial charge in [0.2, 0.25) is 5.88 Å². The Morgan fingerprint density at radius 3 is 2.92 bits per heavy atom. The molecule has 4 rings (SSSR count). The van der Waals surface area contributed by atoms with Crippen LogP contribution in [0.1, 0.15) is 37.4 Å². The van der Waals surface area contributed by atoms with Crippen LogP contribution in [0.5, 0.6) is 5.88 Å². The maximum Gasteiger partial charge on any atom is 0.218 e. The predicted octanol–water partition coefficient (Wildman–Crippen LogP) is 2.12. The highest BCUT2D eigenvalue weighted by Gasteiger charge is 2.27. The quantitative estimate of drug-likeness (QED) is 0.829. The molecule has 0 unspecified atom stereocenters. The predicted molar refractivity (Wildman–Crippen MR) is 95.8 cm³/mol. The number of methoxy groups -OCH3 is 1. The first-order valence-electron chi connectivity index (χ1n) is 9.19. The molecule has 25 heavy (non-hydrogen) atoms. The Kier molecular flexibility index (Phi) is 4.83. The van der Waals surface area contributed by atoms with Crippen molar-refractivity contribution in [3.63, 3.8) is 0 Å². The van der Waals surface area contributed by atoms with Gasteiger partial charge in [0.15, 0.2) is 0 Å². The molecule has 1 fully saturated rings. The molecule has 0 N–H and O–H groups in total. The Bertz CT molecular complexity index is 696. The Hall–Kier alpha value is -2.15. The van der Waals surface area contributed by atoms with E-state index in [2.05, 4.69) is 35.6 Å². The van der Waals surface area contributed by atoms with E-state index in [1.165, 1.54) is 38.0 Å². The molecule has 1 saturated heterocycles.